The van der Waals surface area contributed by atoms with E-state index in [1.165, 1.54) is 11.8 Å². The van der Waals surface area contributed by atoms with Crippen molar-refractivity contribution in [2.24, 2.45) is 0 Å². The van der Waals surface area contributed by atoms with Crippen LogP contribution in [0.4, 0.5) is 5.82 Å². The molecule has 7 heteroatoms. The van der Waals surface area contributed by atoms with E-state index in [0.29, 0.717) is 28.8 Å². The highest BCUT2D eigenvalue weighted by Gasteiger charge is 2.09. The third kappa shape index (κ3) is 2.68. The molecule has 0 unspecified atom stereocenters. The summed E-state index contributed by atoms with van der Waals surface area (Å²) in [6.45, 7) is 2.51. The monoisotopic (exact) mass is 251 g/mol. The number of nitrogen functional groups attached to an aromatic ring is 1. The predicted octanol–water partition coefficient (Wildman–Crippen LogP) is 0.540. The van der Waals surface area contributed by atoms with E-state index in [0.717, 1.165) is 0 Å². The van der Waals surface area contributed by atoms with Crippen molar-refractivity contribution in [1.82, 2.24) is 19.7 Å². The Morgan fingerprint density at radius 1 is 1.65 bits per heavy atom. The number of carbonyl (C=O) groups excluding carboxylic acids is 1. The van der Waals surface area contributed by atoms with Gasteiger partial charge in [0, 0.05) is 18.9 Å². The van der Waals surface area contributed by atoms with Crippen LogP contribution in [0.15, 0.2) is 23.6 Å². The van der Waals surface area contributed by atoms with E-state index in [1.54, 1.807) is 23.0 Å². The van der Waals surface area contributed by atoms with Crippen molar-refractivity contribution in [2.45, 2.75) is 11.9 Å². The maximum absolute atomic E-state index is 11.4. The lowest BCUT2D eigenvalue weighted by molar-refractivity contribution is -0.118. The van der Waals surface area contributed by atoms with Crippen LogP contribution in [0.25, 0.3) is 5.65 Å². The van der Waals surface area contributed by atoms with E-state index in [9.17, 15) is 4.79 Å². The Hall–Kier alpha value is -1.76. The highest BCUT2D eigenvalue weighted by atomic mass is 32.2. The zero-order chi connectivity index (χ0) is 12.3. The minimum atomic E-state index is -0.0218. The molecule has 0 aliphatic heterocycles. The summed E-state index contributed by atoms with van der Waals surface area (Å²) in [4.78, 5) is 19.7. The van der Waals surface area contributed by atoms with Crippen LogP contribution in [0.3, 0.4) is 0 Å². The number of thioether (sulfide) groups is 1. The van der Waals surface area contributed by atoms with Crippen LogP contribution in [0.1, 0.15) is 6.92 Å². The van der Waals surface area contributed by atoms with Crippen molar-refractivity contribution in [3.63, 3.8) is 0 Å². The number of imidazole rings is 1. The first-order chi connectivity index (χ1) is 8.20. The van der Waals surface area contributed by atoms with Crippen LogP contribution in [-0.4, -0.2) is 32.6 Å². The first-order valence-electron chi connectivity index (χ1n) is 5.19. The number of nitrogens with two attached hydrogens (primary N) is 1. The average Bonchev–Trinajstić information content (AvgIpc) is 2.74. The highest BCUT2D eigenvalue weighted by molar-refractivity contribution is 8.00. The Morgan fingerprint density at radius 3 is 3.24 bits per heavy atom. The van der Waals surface area contributed by atoms with Gasteiger partial charge >= 0.3 is 0 Å². The molecule has 6 nitrogen and oxygen atoms in total. The van der Waals surface area contributed by atoms with Gasteiger partial charge in [-0.1, -0.05) is 11.8 Å². The van der Waals surface area contributed by atoms with E-state index >= 15 is 0 Å². The Kier molecular flexibility index (Phi) is 3.48. The second kappa shape index (κ2) is 5.05. The summed E-state index contributed by atoms with van der Waals surface area (Å²) >= 11 is 1.33. The molecule has 0 aliphatic rings. The number of rotatable bonds is 4. The summed E-state index contributed by atoms with van der Waals surface area (Å²) in [5, 5.41) is 3.39. The molecule has 3 N–H and O–H groups in total. The third-order valence-electron chi connectivity index (χ3n) is 2.08. The topological polar surface area (TPSA) is 85.3 Å². The van der Waals surface area contributed by atoms with E-state index in [2.05, 4.69) is 15.3 Å². The molecular formula is C10H13N5OS. The van der Waals surface area contributed by atoms with Gasteiger partial charge in [-0.2, -0.15) is 0 Å². The fraction of sp³-hybridized carbons (Fsp3) is 0.300. The van der Waals surface area contributed by atoms with Crippen molar-refractivity contribution < 1.29 is 4.79 Å². The van der Waals surface area contributed by atoms with E-state index in [-0.39, 0.29) is 5.91 Å². The van der Waals surface area contributed by atoms with Gasteiger partial charge in [0.2, 0.25) is 5.91 Å². The third-order valence-corrected chi connectivity index (χ3v) is 3.03. The number of nitrogens with zero attached hydrogens (tertiary/aromatic N) is 3. The lowest BCUT2D eigenvalue weighted by Gasteiger charge is -2.04. The Balaban J connectivity index is 2.17. The van der Waals surface area contributed by atoms with Crippen molar-refractivity contribution in [3.05, 3.63) is 18.6 Å². The lowest BCUT2D eigenvalue weighted by Crippen LogP contribution is -2.24. The van der Waals surface area contributed by atoms with Gasteiger partial charge in [-0.15, -0.1) is 0 Å². The second-order valence-electron chi connectivity index (χ2n) is 3.37. The zero-order valence-corrected chi connectivity index (χ0v) is 10.2. The van der Waals surface area contributed by atoms with Gasteiger partial charge in [-0.25, -0.2) is 9.97 Å². The van der Waals surface area contributed by atoms with Crippen molar-refractivity contribution in [3.8, 4) is 0 Å². The number of aromatic nitrogens is 3. The Morgan fingerprint density at radius 2 is 2.47 bits per heavy atom. The summed E-state index contributed by atoms with van der Waals surface area (Å²) in [5.74, 6) is 0.702. The normalized spacial score (nSPS) is 10.6. The summed E-state index contributed by atoms with van der Waals surface area (Å²) in [6, 6.07) is 0. The minimum absolute atomic E-state index is 0.0218. The summed E-state index contributed by atoms with van der Waals surface area (Å²) in [5.41, 5.74) is 6.39. The smallest absolute Gasteiger partial charge is 0.230 e. The molecule has 0 bridgehead atoms. The SMILES string of the molecule is CCNC(=O)CSc1nc(N)cn2ccnc12. The van der Waals surface area contributed by atoms with Crippen LogP contribution >= 0.6 is 11.8 Å². The van der Waals surface area contributed by atoms with Gasteiger partial charge < -0.3 is 15.5 Å². The number of anilines is 1. The molecule has 2 aromatic rings. The van der Waals surface area contributed by atoms with Gasteiger partial charge in [0.1, 0.15) is 10.8 Å². The number of hydrogen-bond donors (Lipinski definition) is 2. The van der Waals surface area contributed by atoms with E-state index < -0.39 is 0 Å². The zero-order valence-electron chi connectivity index (χ0n) is 9.38. The largest absolute Gasteiger partial charge is 0.382 e. The average molecular weight is 251 g/mol. The second-order valence-corrected chi connectivity index (χ2v) is 4.34. The molecule has 90 valence electrons. The predicted molar refractivity (Wildman–Crippen MR) is 66.8 cm³/mol. The minimum Gasteiger partial charge on any atom is -0.382 e. The molecule has 0 saturated carbocycles. The number of hydrogen-bond acceptors (Lipinski definition) is 5. The van der Waals surface area contributed by atoms with Crippen molar-refractivity contribution in [2.75, 3.05) is 18.0 Å². The molecule has 0 atom stereocenters. The van der Waals surface area contributed by atoms with Crippen molar-refractivity contribution in [1.29, 1.82) is 0 Å². The number of fused-ring (bicyclic) bond motifs is 1. The molecule has 2 heterocycles. The summed E-state index contributed by atoms with van der Waals surface area (Å²) < 4.78 is 1.79. The van der Waals surface area contributed by atoms with Gasteiger partial charge in [0.05, 0.1) is 11.9 Å². The fourth-order valence-corrected chi connectivity index (χ4v) is 2.23. The fourth-order valence-electron chi connectivity index (χ4n) is 1.40. The molecule has 17 heavy (non-hydrogen) atoms. The highest BCUT2D eigenvalue weighted by Crippen LogP contribution is 2.21. The molecule has 0 fully saturated rings. The molecule has 0 saturated heterocycles. The van der Waals surface area contributed by atoms with Crippen LogP contribution in [0.5, 0.6) is 0 Å². The Labute approximate surface area is 103 Å². The van der Waals surface area contributed by atoms with Crippen molar-refractivity contribution >= 4 is 29.1 Å². The molecule has 0 aromatic carbocycles. The maximum atomic E-state index is 11.4. The molecule has 2 rings (SSSR count). The van der Waals surface area contributed by atoms with Gasteiger partial charge in [-0.05, 0) is 6.92 Å². The van der Waals surface area contributed by atoms with E-state index in [4.69, 9.17) is 5.73 Å². The van der Waals surface area contributed by atoms with Crippen LogP contribution in [0, 0.1) is 0 Å². The van der Waals surface area contributed by atoms with Gasteiger partial charge in [0.15, 0.2) is 5.65 Å². The molecule has 0 aliphatic carbocycles. The quantitative estimate of drug-likeness (QED) is 0.775. The number of nitrogens with one attached hydrogen (secondary N) is 1. The summed E-state index contributed by atoms with van der Waals surface area (Å²) in [6.07, 6.45) is 5.16. The van der Waals surface area contributed by atoms with Crippen LogP contribution in [-0.2, 0) is 4.79 Å². The van der Waals surface area contributed by atoms with Gasteiger partial charge in [-0.3, -0.25) is 4.79 Å². The van der Waals surface area contributed by atoms with Gasteiger partial charge in [0.25, 0.3) is 0 Å². The maximum Gasteiger partial charge on any atom is 0.230 e. The molecule has 0 spiro atoms. The number of amides is 1. The van der Waals surface area contributed by atoms with Crippen LogP contribution < -0.4 is 11.1 Å². The number of carbonyl (C=O) groups is 1. The Bertz CT molecular complexity index is 538. The molecular weight excluding hydrogens is 238 g/mol. The van der Waals surface area contributed by atoms with E-state index in [1.807, 2.05) is 6.92 Å². The van der Waals surface area contributed by atoms with Crippen LogP contribution in [0.2, 0.25) is 0 Å². The molecule has 2 aromatic heterocycles. The molecule has 1 amide bonds. The first-order valence-corrected chi connectivity index (χ1v) is 6.18. The first kappa shape index (κ1) is 11.7. The standard InChI is InChI=1S/C10H13N5OS/c1-2-12-8(16)6-17-10-9-13-3-4-15(9)5-7(11)14-10/h3-5H,2,6,11H2,1H3,(H,12,16). The molecule has 0 radical (unpaired) electrons. The lowest BCUT2D eigenvalue weighted by atomic mass is 10.6. The summed E-state index contributed by atoms with van der Waals surface area (Å²) in [7, 11) is 0.